The zero-order chi connectivity index (χ0) is 13.1. The van der Waals surface area contributed by atoms with E-state index in [4.69, 9.17) is 9.47 Å². The van der Waals surface area contributed by atoms with Crippen LogP contribution < -0.4 is 14.8 Å². The molecule has 0 saturated carbocycles. The van der Waals surface area contributed by atoms with Crippen molar-refractivity contribution in [2.75, 3.05) is 34.4 Å². The van der Waals surface area contributed by atoms with Gasteiger partial charge in [-0.1, -0.05) is 6.07 Å². The number of methoxy groups -OCH3 is 2. The number of piperazine rings is 1. The first kappa shape index (κ1) is 12.7. The van der Waals surface area contributed by atoms with Gasteiger partial charge in [-0.15, -0.1) is 0 Å². The highest BCUT2D eigenvalue weighted by molar-refractivity contribution is 5.84. The predicted octanol–water partition coefficient (Wildman–Crippen LogP) is 0.806. The molecule has 0 aromatic heterocycles. The summed E-state index contributed by atoms with van der Waals surface area (Å²) >= 11 is 0. The number of hydrogen-bond donors (Lipinski definition) is 1. The Bertz CT molecular complexity index is 448. The molecule has 1 amide bonds. The molecular weight excluding hydrogens is 232 g/mol. The molecule has 1 heterocycles. The molecule has 1 unspecified atom stereocenters. The van der Waals surface area contributed by atoms with Crippen LogP contribution in [0.25, 0.3) is 0 Å². The van der Waals surface area contributed by atoms with E-state index in [-0.39, 0.29) is 11.9 Å². The second-order valence-electron chi connectivity index (χ2n) is 4.26. The van der Waals surface area contributed by atoms with Crippen molar-refractivity contribution in [3.05, 3.63) is 23.8 Å². The molecule has 1 aliphatic rings. The molecule has 1 fully saturated rings. The Morgan fingerprint density at radius 2 is 2.00 bits per heavy atom. The van der Waals surface area contributed by atoms with E-state index in [0.717, 1.165) is 18.7 Å². The van der Waals surface area contributed by atoms with Crippen LogP contribution in [0.3, 0.4) is 0 Å². The minimum Gasteiger partial charge on any atom is -0.493 e. The van der Waals surface area contributed by atoms with Crippen molar-refractivity contribution in [1.29, 1.82) is 0 Å². The number of likely N-dealkylation sites (N-methyl/N-ethyl adjacent to an activating group) is 1. The standard InChI is InChI=1S/C13H18N2O3/c1-15-7-6-14-12(13(15)16)9-4-5-10(17-2)11(8-9)18-3/h4-5,8,12,14H,6-7H2,1-3H3. The summed E-state index contributed by atoms with van der Waals surface area (Å²) in [5.74, 6) is 1.38. The molecule has 98 valence electrons. The molecule has 1 N–H and O–H groups in total. The highest BCUT2D eigenvalue weighted by atomic mass is 16.5. The molecule has 18 heavy (non-hydrogen) atoms. The minimum atomic E-state index is -0.302. The van der Waals surface area contributed by atoms with Crippen LogP contribution in [0.4, 0.5) is 0 Å². The van der Waals surface area contributed by atoms with E-state index in [9.17, 15) is 4.79 Å². The van der Waals surface area contributed by atoms with Crippen LogP contribution in [-0.2, 0) is 4.79 Å². The van der Waals surface area contributed by atoms with Crippen LogP contribution in [0.1, 0.15) is 11.6 Å². The summed E-state index contributed by atoms with van der Waals surface area (Å²) in [5, 5.41) is 3.22. The van der Waals surface area contributed by atoms with Gasteiger partial charge < -0.3 is 19.7 Å². The largest absolute Gasteiger partial charge is 0.493 e. The molecule has 0 aliphatic carbocycles. The molecule has 5 nitrogen and oxygen atoms in total. The fourth-order valence-corrected chi connectivity index (χ4v) is 2.09. The van der Waals surface area contributed by atoms with Crippen LogP contribution in [0.2, 0.25) is 0 Å². The second kappa shape index (κ2) is 5.27. The van der Waals surface area contributed by atoms with E-state index in [1.54, 1.807) is 19.1 Å². The highest BCUT2D eigenvalue weighted by Gasteiger charge is 2.27. The van der Waals surface area contributed by atoms with Crippen LogP contribution in [-0.4, -0.2) is 45.2 Å². The monoisotopic (exact) mass is 250 g/mol. The summed E-state index contributed by atoms with van der Waals surface area (Å²) in [6, 6.07) is 5.24. The van der Waals surface area contributed by atoms with Gasteiger partial charge in [-0.3, -0.25) is 4.79 Å². The fraction of sp³-hybridized carbons (Fsp3) is 0.462. The zero-order valence-electron chi connectivity index (χ0n) is 10.9. The Labute approximate surface area is 107 Å². The zero-order valence-corrected chi connectivity index (χ0v) is 10.9. The maximum absolute atomic E-state index is 12.1. The Balaban J connectivity index is 2.30. The predicted molar refractivity (Wildman–Crippen MR) is 67.9 cm³/mol. The number of nitrogens with one attached hydrogen (secondary N) is 1. The van der Waals surface area contributed by atoms with Crippen molar-refractivity contribution in [3.8, 4) is 11.5 Å². The topological polar surface area (TPSA) is 50.8 Å². The maximum atomic E-state index is 12.1. The first-order chi connectivity index (χ1) is 8.67. The number of rotatable bonds is 3. The number of carbonyl (C=O) groups is 1. The van der Waals surface area contributed by atoms with E-state index < -0.39 is 0 Å². The Kier molecular flexibility index (Phi) is 3.72. The fourth-order valence-electron chi connectivity index (χ4n) is 2.09. The number of carbonyl (C=O) groups excluding carboxylic acids is 1. The molecule has 1 atom stereocenters. The minimum absolute atomic E-state index is 0.0773. The van der Waals surface area contributed by atoms with E-state index in [2.05, 4.69) is 5.32 Å². The summed E-state index contributed by atoms with van der Waals surface area (Å²) in [7, 11) is 5.00. The molecular formula is C13H18N2O3. The molecule has 5 heteroatoms. The number of amides is 1. The Morgan fingerprint density at radius 1 is 1.28 bits per heavy atom. The normalized spacial score (nSPS) is 19.8. The lowest BCUT2D eigenvalue weighted by Gasteiger charge is -2.30. The average molecular weight is 250 g/mol. The molecule has 0 radical (unpaired) electrons. The number of nitrogens with zero attached hydrogens (tertiary/aromatic N) is 1. The van der Waals surface area contributed by atoms with E-state index >= 15 is 0 Å². The van der Waals surface area contributed by atoms with Gasteiger partial charge in [0.1, 0.15) is 6.04 Å². The molecule has 0 bridgehead atoms. The van der Waals surface area contributed by atoms with E-state index in [1.807, 2.05) is 25.2 Å². The van der Waals surface area contributed by atoms with Gasteiger partial charge in [-0.05, 0) is 17.7 Å². The van der Waals surface area contributed by atoms with Gasteiger partial charge in [0.2, 0.25) is 5.91 Å². The summed E-state index contributed by atoms with van der Waals surface area (Å²) in [5.41, 5.74) is 0.893. The van der Waals surface area contributed by atoms with Gasteiger partial charge in [0.15, 0.2) is 11.5 Å². The third-order valence-electron chi connectivity index (χ3n) is 3.16. The van der Waals surface area contributed by atoms with Gasteiger partial charge in [-0.2, -0.15) is 0 Å². The first-order valence-electron chi connectivity index (χ1n) is 5.87. The Morgan fingerprint density at radius 3 is 2.67 bits per heavy atom. The molecule has 1 aliphatic heterocycles. The van der Waals surface area contributed by atoms with Crippen LogP contribution >= 0.6 is 0 Å². The van der Waals surface area contributed by atoms with E-state index in [0.29, 0.717) is 11.5 Å². The Hall–Kier alpha value is -1.75. The van der Waals surface area contributed by atoms with Gasteiger partial charge >= 0.3 is 0 Å². The van der Waals surface area contributed by atoms with Crippen molar-refractivity contribution < 1.29 is 14.3 Å². The number of ether oxygens (including phenoxy) is 2. The molecule has 1 aromatic carbocycles. The highest BCUT2D eigenvalue weighted by Crippen LogP contribution is 2.30. The third-order valence-corrected chi connectivity index (χ3v) is 3.16. The molecule has 1 aromatic rings. The van der Waals surface area contributed by atoms with Crippen molar-refractivity contribution in [1.82, 2.24) is 10.2 Å². The maximum Gasteiger partial charge on any atom is 0.244 e. The molecule has 2 rings (SSSR count). The van der Waals surface area contributed by atoms with Crippen molar-refractivity contribution in [2.45, 2.75) is 6.04 Å². The van der Waals surface area contributed by atoms with Crippen molar-refractivity contribution in [2.24, 2.45) is 0 Å². The van der Waals surface area contributed by atoms with E-state index in [1.165, 1.54) is 0 Å². The summed E-state index contributed by atoms with van der Waals surface area (Å²) in [4.78, 5) is 13.8. The molecule has 0 spiro atoms. The third kappa shape index (κ3) is 2.26. The van der Waals surface area contributed by atoms with Gasteiger partial charge in [0.25, 0.3) is 0 Å². The molecule has 1 saturated heterocycles. The quantitative estimate of drug-likeness (QED) is 0.862. The number of benzene rings is 1. The summed E-state index contributed by atoms with van der Waals surface area (Å²) < 4.78 is 10.4. The lowest BCUT2D eigenvalue weighted by Crippen LogP contribution is -2.48. The lowest BCUT2D eigenvalue weighted by atomic mass is 10.0. The lowest BCUT2D eigenvalue weighted by molar-refractivity contribution is -0.134. The van der Waals surface area contributed by atoms with Crippen LogP contribution in [0.5, 0.6) is 11.5 Å². The van der Waals surface area contributed by atoms with Gasteiger partial charge in [-0.25, -0.2) is 0 Å². The summed E-state index contributed by atoms with van der Waals surface area (Å²) in [6.07, 6.45) is 0. The van der Waals surface area contributed by atoms with Crippen LogP contribution in [0, 0.1) is 0 Å². The SMILES string of the molecule is COc1ccc(C2NCCN(C)C2=O)cc1OC. The first-order valence-corrected chi connectivity index (χ1v) is 5.87. The van der Waals surface area contributed by atoms with Gasteiger partial charge in [0.05, 0.1) is 14.2 Å². The number of hydrogen-bond acceptors (Lipinski definition) is 4. The van der Waals surface area contributed by atoms with Crippen LogP contribution in [0.15, 0.2) is 18.2 Å². The summed E-state index contributed by atoms with van der Waals surface area (Å²) in [6.45, 7) is 1.53. The smallest absolute Gasteiger partial charge is 0.244 e. The van der Waals surface area contributed by atoms with Crippen molar-refractivity contribution in [3.63, 3.8) is 0 Å². The average Bonchev–Trinajstić information content (AvgIpc) is 2.41. The van der Waals surface area contributed by atoms with Gasteiger partial charge in [0, 0.05) is 20.1 Å². The van der Waals surface area contributed by atoms with Crippen molar-refractivity contribution >= 4 is 5.91 Å². The second-order valence-corrected chi connectivity index (χ2v) is 4.26.